The first kappa shape index (κ1) is 39.8. The Morgan fingerprint density at radius 2 is 0.789 bits per heavy atom. The van der Waals surface area contributed by atoms with E-state index in [2.05, 4.69) is 164 Å². The number of benzene rings is 6. The van der Waals surface area contributed by atoms with Gasteiger partial charge < -0.3 is 29.9 Å². The van der Waals surface area contributed by atoms with Crippen LogP contribution in [0.15, 0.2) is 133 Å². The summed E-state index contributed by atoms with van der Waals surface area (Å²) < 4.78 is 5.94. The molecule has 57 heavy (non-hydrogen) atoms. The fraction of sp³-hybridized carbons (Fsp3) is 0.294. The van der Waals surface area contributed by atoms with Crippen LogP contribution in [0.2, 0.25) is 0 Å². The summed E-state index contributed by atoms with van der Waals surface area (Å²) in [4.78, 5) is 4.65. The smallest absolute Gasteiger partial charge is 0.119 e. The summed E-state index contributed by atoms with van der Waals surface area (Å²) in [6.45, 7) is 8.03. The third-order valence-electron chi connectivity index (χ3n) is 11.2. The van der Waals surface area contributed by atoms with Gasteiger partial charge in [0.05, 0.1) is 6.61 Å². The van der Waals surface area contributed by atoms with Crippen LogP contribution >= 0.6 is 0 Å². The van der Waals surface area contributed by atoms with E-state index in [4.69, 9.17) is 4.74 Å². The van der Waals surface area contributed by atoms with Crippen molar-refractivity contribution in [3.8, 4) is 16.9 Å². The van der Waals surface area contributed by atoms with E-state index in [1.165, 1.54) is 38.9 Å². The zero-order chi connectivity index (χ0) is 39.8. The van der Waals surface area contributed by atoms with Crippen LogP contribution in [0.5, 0.6) is 5.75 Å². The second-order valence-corrected chi connectivity index (χ2v) is 15.6. The van der Waals surface area contributed by atoms with Crippen LogP contribution in [0.25, 0.3) is 11.1 Å². The van der Waals surface area contributed by atoms with Crippen molar-refractivity contribution in [2.24, 2.45) is 0 Å². The van der Waals surface area contributed by atoms with Gasteiger partial charge in [-0.3, -0.25) is 0 Å². The SMILES string of the molecule is CCCOc1ccc(N(c2ccc(CCCO)cc2)c2ccc3c(c2)C(C)(C)c2cc(N(c4ccc(CCCO)cc4)c4ccc(CCCO)cc4)ccc2-3)cc1. The molecule has 0 bridgehead atoms. The highest BCUT2D eigenvalue weighted by molar-refractivity contribution is 5.88. The Balaban J connectivity index is 1.26. The molecule has 0 unspecified atom stereocenters. The number of aryl methyl sites for hydroxylation is 3. The fourth-order valence-electron chi connectivity index (χ4n) is 8.08. The Kier molecular flexibility index (Phi) is 12.7. The quantitative estimate of drug-likeness (QED) is 0.0810. The molecule has 1 aliphatic carbocycles. The average Bonchev–Trinajstić information content (AvgIpc) is 3.47. The molecular formula is C51H56N2O4. The van der Waals surface area contributed by atoms with Gasteiger partial charge in [-0.1, -0.05) is 69.3 Å². The van der Waals surface area contributed by atoms with Crippen molar-refractivity contribution in [3.63, 3.8) is 0 Å². The molecule has 6 aromatic rings. The van der Waals surface area contributed by atoms with Crippen molar-refractivity contribution >= 4 is 34.1 Å². The molecule has 0 atom stereocenters. The van der Waals surface area contributed by atoms with E-state index in [9.17, 15) is 15.3 Å². The molecule has 0 heterocycles. The molecule has 0 fully saturated rings. The number of aliphatic hydroxyl groups excluding tert-OH is 3. The lowest BCUT2D eigenvalue weighted by molar-refractivity contribution is 0.288. The van der Waals surface area contributed by atoms with Crippen molar-refractivity contribution in [1.29, 1.82) is 0 Å². The molecule has 1 aliphatic rings. The van der Waals surface area contributed by atoms with Gasteiger partial charge in [-0.05, 0) is 169 Å². The number of anilines is 6. The number of ether oxygens (including phenoxy) is 1. The number of aliphatic hydroxyl groups is 3. The lowest BCUT2D eigenvalue weighted by Gasteiger charge is -2.29. The summed E-state index contributed by atoms with van der Waals surface area (Å²) in [5, 5.41) is 28.2. The van der Waals surface area contributed by atoms with Crippen molar-refractivity contribution < 1.29 is 20.1 Å². The number of hydrogen-bond donors (Lipinski definition) is 3. The highest BCUT2D eigenvalue weighted by atomic mass is 16.5. The second kappa shape index (κ2) is 18.2. The van der Waals surface area contributed by atoms with Crippen molar-refractivity contribution in [3.05, 3.63) is 161 Å². The van der Waals surface area contributed by atoms with Gasteiger partial charge in [0.2, 0.25) is 0 Å². The summed E-state index contributed by atoms with van der Waals surface area (Å²) >= 11 is 0. The Morgan fingerprint density at radius 1 is 0.456 bits per heavy atom. The van der Waals surface area contributed by atoms with E-state index in [1.54, 1.807) is 0 Å². The first-order valence-electron chi connectivity index (χ1n) is 20.6. The van der Waals surface area contributed by atoms with E-state index in [-0.39, 0.29) is 25.2 Å². The molecule has 0 radical (unpaired) electrons. The molecule has 0 amide bonds. The maximum Gasteiger partial charge on any atom is 0.119 e. The Hall–Kier alpha value is -5.40. The lowest BCUT2D eigenvalue weighted by atomic mass is 9.82. The van der Waals surface area contributed by atoms with Crippen LogP contribution in [-0.2, 0) is 24.7 Å². The highest BCUT2D eigenvalue weighted by Crippen LogP contribution is 2.52. The fourth-order valence-corrected chi connectivity index (χ4v) is 8.08. The second-order valence-electron chi connectivity index (χ2n) is 15.6. The van der Waals surface area contributed by atoms with Gasteiger partial charge >= 0.3 is 0 Å². The van der Waals surface area contributed by atoms with Gasteiger partial charge in [0, 0.05) is 59.4 Å². The summed E-state index contributed by atoms with van der Waals surface area (Å²) in [6.07, 6.45) is 5.73. The van der Waals surface area contributed by atoms with E-state index >= 15 is 0 Å². The number of rotatable bonds is 18. The third kappa shape index (κ3) is 8.79. The van der Waals surface area contributed by atoms with Crippen LogP contribution in [0.3, 0.4) is 0 Å². The zero-order valence-corrected chi connectivity index (χ0v) is 33.6. The van der Waals surface area contributed by atoms with E-state index in [1.807, 2.05) is 0 Å². The zero-order valence-electron chi connectivity index (χ0n) is 33.6. The largest absolute Gasteiger partial charge is 0.494 e. The molecule has 3 N–H and O–H groups in total. The molecule has 7 rings (SSSR count). The van der Waals surface area contributed by atoms with Crippen LogP contribution in [0, 0.1) is 0 Å². The molecule has 6 heteroatoms. The third-order valence-corrected chi connectivity index (χ3v) is 11.2. The molecular weight excluding hydrogens is 705 g/mol. The first-order chi connectivity index (χ1) is 27.8. The van der Waals surface area contributed by atoms with E-state index in [0.29, 0.717) is 6.61 Å². The Labute approximate surface area is 338 Å². The molecule has 6 aromatic carbocycles. The minimum absolute atomic E-state index is 0.185. The topological polar surface area (TPSA) is 76.4 Å². The number of nitrogens with zero attached hydrogens (tertiary/aromatic N) is 2. The van der Waals surface area contributed by atoms with Crippen LogP contribution in [0.1, 0.15) is 74.3 Å². The molecule has 0 aromatic heterocycles. The molecule has 0 saturated heterocycles. The summed E-state index contributed by atoms with van der Waals surface area (Å²) in [5.41, 5.74) is 14.9. The maximum absolute atomic E-state index is 9.41. The number of hydrogen-bond acceptors (Lipinski definition) is 6. The molecule has 0 aliphatic heterocycles. The van der Waals surface area contributed by atoms with Gasteiger partial charge in [0.1, 0.15) is 5.75 Å². The van der Waals surface area contributed by atoms with Gasteiger partial charge in [-0.15, -0.1) is 0 Å². The van der Waals surface area contributed by atoms with Gasteiger partial charge in [-0.25, -0.2) is 0 Å². The monoisotopic (exact) mass is 760 g/mol. The normalized spacial score (nSPS) is 12.6. The first-order valence-corrected chi connectivity index (χ1v) is 20.6. The minimum atomic E-state index is -0.275. The Morgan fingerprint density at radius 3 is 1.12 bits per heavy atom. The summed E-state index contributed by atoms with van der Waals surface area (Å²) in [6, 6.07) is 48.3. The highest BCUT2D eigenvalue weighted by Gasteiger charge is 2.37. The van der Waals surface area contributed by atoms with Crippen LogP contribution in [0.4, 0.5) is 34.1 Å². The maximum atomic E-state index is 9.41. The molecule has 0 spiro atoms. The van der Waals surface area contributed by atoms with Crippen molar-refractivity contribution in [2.75, 3.05) is 36.2 Å². The Bertz CT molecular complexity index is 1950. The predicted octanol–water partition coefficient (Wildman–Crippen LogP) is 11.5. The molecule has 294 valence electrons. The summed E-state index contributed by atoms with van der Waals surface area (Å²) in [5.74, 6) is 0.866. The predicted molar refractivity (Wildman–Crippen MR) is 235 cm³/mol. The van der Waals surface area contributed by atoms with Gasteiger partial charge in [0.25, 0.3) is 0 Å². The minimum Gasteiger partial charge on any atom is -0.494 e. The number of fused-ring (bicyclic) bond motifs is 3. The average molecular weight is 761 g/mol. The molecule has 0 saturated carbocycles. The van der Waals surface area contributed by atoms with Crippen LogP contribution < -0.4 is 14.5 Å². The van der Waals surface area contributed by atoms with Crippen LogP contribution in [-0.4, -0.2) is 41.7 Å². The standard InChI is InChI=1S/C51H56N2O4/c1-4-34-57-46-27-23-43(24-28-46)53(42-21-15-39(16-22-42)10-7-33-56)45-26-30-48-47-29-25-44(35-49(47)51(2,3)50(48)36-45)52(40-17-11-37(12-18-40)8-5-31-54)41-19-13-38(14-20-41)9-6-32-55/h11-30,35-36,54-56H,4-10,31-34H2,1-3H3. The van der Waals surface area contributed by atoms with Gasteiger partial charge in [0.15, 0.2) is 0 Å². The molecule has 6 nitrogen and oxygen atoms in total. The lowest BCUT2D eigenvalue weighted by Crippen LogP contribution is -2.17. The van der Waals surface area contributed by atoms with Crippen molar-refractivity contribution in [2.45, 2.75) is 71.1 Å². The van der Waals surface area contributed by atoms with Crippen molar-refractivity contribution in [1.82, 2.24) is 0 Å². The van der Waals surface area contributed by atoms with Gasteiger partial charge in [-0.2, -0.15) is 0 Å². The van der Waals surface area contributed by atoms with E-state index < -0.39 is 0 Å². The summed E-state index contributed by atoms with van der Waals surface area (Å²) in [7, 11) is 0. The van der Waals surface area contributed by atoms with E-state index in [0.717, 1.165) is 84.8 Å².